The van der Waals surface area contributed by atoms with Crippen LogP contribution in [0.4, 0.5) is 5.69 Å². The Balaban J connectivity index is 0.000000461. The lowest BCUT2D eigenvalue weighted by molar-refractivity contribution is 0.970. The molecule has 0 spiro atoms. The normalized spacial score (nSPS) is 8.27. The predicted molar refractivity (Wildman–Crippen MR) is 45.7 cm³/mol. The van der Waals surface area contributed by atoms with Gasteiger partial charge in [-0.2, -0.15) is 0 Å². The molecule has 11 heavy (non-hydrogen) atoms. The van der Waals surface area contributed by atoms with Crippen molar-refractivity contribution in [2.75, 3.05) is 5.73 Å². The van der Waals surface area contributed by atoms with Crippen molar-refractivity contribution in [3.05, 3.63) is 18.2 Å². The second-order valence-electron chi connectivity index (χ2n) is 1.63. The van der Waals surface area contributed by atoms with Crippen LogP contribution in [0.5, 0.6) is 0 Å². The minimum absolute atomic E-state index is 0.369. The minimum atomic E-state index is 0.369. The van der Waals surface area contributed by atoms with Gasteiger partial charge < -0.3 is 11.5 Å². The van der Waals surface area contributed by atoms with E-state index in [1.54, 1.807) is 0 Å². The molecule has 0 atom stereocenters. The quantitative estimate of drug-likeness (QED) is 0.619. The molecule has 1 rings (SSSR count). The van der Waals surface area contributed by atoms with Crippen LogP contribution in [-0.4, -0.2) is 9.97 Å². The molecule has 4 N–H and O–H groups in total. The first-order chi connectivity index (χ1) is 5.34. The number of anilines is 1. The Labute approximate surface area is 66.7 Å². The van der Waals surface area contributed by atoms with E-state index in [0.29, 0.717) is 17.9 Å². The highest BCUT2D eigenvalue weighted by molar-refractivity contribution is 5.38. The van der Waals surface area contributed by atoms with Gasteiger partial charge in [-0.25, -0.2) is 9.97 Å². The zero-order chi connectivity index (χ0) is 8.69. The van der Waals surface area contributed by atoms with Crippen LogP contribution in [0.25, 0.3) is 0 Å². The lowest BCUT2D eigenvalue weighted by Crippen LogP contribution is -2.04. The van der Waals surface area contributed by atoms with Crippen LogP contribution >= 0.6 is 0 Å². The van der Waals surface area contributed by atoms with E-state index >= 15 is 0 Å². The summed E-state index contributed by atoms with van der Waals surface area (Å²) in [6.45, 7) is 4.37. The van der Waals surface area contributed by atoms with Gasteiger partial charge in [0.2, 0.25) is 0 Å². The average Bonchev–Trinajstić information content (AvgIpc) is 2.09. The van der Waals surface area contributed by atoms with Crippen molar-refractivity contribution >= 4 is 5.69 Å². The fraction of sp³-hybridized carbons (Fsp3) is 0.429. The highest BCUT2D eigenvalue weighted by Gasteiger charge is 1.93. The summed E-state index contributed by atoms with van der Waals surface area (Å²) in [6, 6.07) is 0. The highest BCUT2D eigenvalue weighted by atomic mass is 14.9. The summed E-state index contributed by atoms with van der Waals surface area (Å²) in [7, 11) is 0. The Morgan fingerprint density at radius 1 is 1.45 bits per heavy atom. The third-order valence-corrected chi connectivity index (χ3v) is 1.02. The van der Waals surface area contributed by atoms with Gasteiger partial charge in [-0.1, -0.05) is 13.8 Å². The second-order valence-corrected chi connectivity index (χ2v) is 1.63. The van der Waals surface area contributed by atoms with E-state index in [1.807, 2.05) is 13.8 Å². The molecule has 62 valence electrons. The van der Waals surface area contributed by atoms with E-state index in [1.165, 1.54) is 12.5 Å². The van der Waals surface area contributed by atoms with Gasteiger partial charge in [0, 0.05) is 6.54 Å². The average molecular weight is 154 g/mol. The van der Waals surface area contributed by atoms with Crippen molar-refractivity contribution in [2.45, 2.75) is 20.4 Å². The van der Waals surface area contributed by atoms with Gasteiger partial charge in [-0.3, -0.25) is 0 Å². The Morgan fingerprint density at radius 2 is 2.09 bits per heavy atom. The SMILES string of the molecule is CC.NCc1ncncc1N. The zero-order valence-electron chi connectivity index (χ0n) is 6.91. The Bertz CT molecular complexity index is 199. The van der Waals surface area contributed by atoms with E-state index in [0.717, 1.165) is 0 Å². The summed E-state index contributed by atoms with van der Waals surface area (Å²) in [6.07, 6.45) is 2.97. The molecule has 0 unspecified atom stereocenters. The summed E-state index contributed by atoms with van der Waals surface area (Å²) in [4.78, 5) is 7.54. The van der Waals surface area contributed by atoms with Gasteiger partial charge in [0.1, 0.15) is 6.33 Å². The number of nitrogens with two attached hydrogens (primary N) is 2. The van der Waals surface area contributed by atoms with Crippen molar-refractivity contribution in [2.24, 2.45) is 5.73 Å². The molecule has 1 aromatic rings. The number of nitrogens with zero attached hydrogens (tertiary/aromatic N) is 2. The van der Waals surface area contributed by atoms with Crippen molar-refractivity contribution in [1.82, 2.24) is 9.97 Å². The molecule has 1 heterocycles. The number of hydrogen-bond donors (Lipinski definition) is 2. The van der Waals surface area contributed by atoms with Gasteiger partial charge in [-0.05, 0) is 0 Å². The lowest BCUT2D eigenvalue weighted by atomic mass is 10.3. The van der Waals surface area contributed by atoms with Crippen LogP contribution in [-0.2, 0) is 6.54 Å². The van der Waals surface area contributed by atoms with E-state index in [2.05, 4.69) is 9.97 Å². The highest BCUT2D eigenvalue weighted by Crippen LogP contribution is 2.01. The molecule has 1 aromatic heterocycles. The van der Waals surface area contributed by atoms with Gasteiger partial charge in [-0.15, -0.1) is 0 Å². The first kappa shape index (κ1) is 9.84. The number of aromatic nitrogens is 2. The molecule has 4 nitrogen and oxygen atoms in total. The predicted octanol–water partition coefficient (Wildman–Crippen LogP) is 0.544. The Kier molecular flexibility index (Phi) is 5.02. The molecule has 0 saturated heterocycles. The number of nitrogen functional groups attached to an aromatic ring is 1. The van der Waals surface area contributed by atoms with Crippen LogP contribution in [0.2, 0.25) is 0 Å². The fourth-order valence-electron chi connectivity index (χ4n) is 0.536. The third-order valence-electron chi connectivity index (χ3n) is 1.02. The summed E-state index contributed by atoms with van der Waals surface area (Å²) >= 11 is 0. The molecule has 0 radical (unpaired) electrons. The maximum atomic E-state index is 5.43. The second kappa shape index (κ2) is 5.61. The van der Waals surface area contributed by atoms with Gasteiger partial charge in [0.25, 0.3) is 0 Å². The fourth-order valence-corrected chi connectivity index (χ4v) is 0.536. The van der Waals surface area contributed by atoms with E-state index in [9.17, 15) is 0 Å². The molecule has 0 saturated carbocycles. The van der Waals surface area contributed by atoms with Crippen LogP contribution in [0.3, 0.4) is 0 Å². The topological polar surface area (TPSA) is 77.8 Å². The van der Waals surface area contributed by atoms with Crippen LogP contribution in [0.15, 0.2) is 12.5 Å². The van der Waals surface area contributed by atoms with Crippen molar-refractivity contribution < 1.29 is 0 Å². The third kappa shape index (κ3) is 2.95. The maximum Gasteiger partial charge on any atom is 0.115 e. The molecular formula is C7H14N4. The van der Waals surface area contributed by atoms with Crippen molar-refractivity contribution in [3.8, 4) is 0 Å². The smallest absolute Gasteiger partial charge is 0.115 e. The first-order valence-corrected chi connectivity index (χ1v) is 3.59. The molecule has 4 heteroatoms. The summed E-state index contributed by atoms with van der Waals surface area (Å²) < 4.78 is 0. The van der Waals surface area contributed by atoms with E-state index in [-0.39, 0.29) is 0 Å². The van der Waals surface area contributed by atoms with Crippen LogP contribution in [0.1, 0.15) is 19.5 Å². The van der Waals surface area contributed by atoms with Gasteiger partial charge in [0.05, 0.1) is 17.6 Å². The molecule has 0 aliphatic carbocycles. The van der Waals surface area contributed by atoms with Gasteiger partial charge in [0.15, 0.2) is 0 Å². The number of rotatable bonds is 1. The van der Waals surface area contributed by atoms with Gasteiger partial charge >= 0.3 is 0 Å². The molecule has 0 aliphatic rings. The van der Waals surface area contributed by atoms with E-state index in [4.69, 9.17) is 11.5 Å². The molecular weight excluding hydrogens is 140 g/mol. The van der Waals surface area contributed by atoms with Crippen LogP contribution < -0.4 is 11.5 Å². The lowest BCUT2D eigenvalue weighted by Gasteiger charge is -1.96. The summed E-state index contributed by atoms with van der Waals surface area (Å²) in [5.74, 6) is 0. The Hall–Kier alpha value is -1.16. The van der Waals surface area contributed by atoms with E-state index < -0.39 is 0 Å². The van der Waals surface area contributed by atoms with Crippen molar-refractivity contribution in [3.63, 3.8) is 0 Å². The summed E-state index contributed by atoms with van der Waals surface area (Å²) in [5.41, 5.74) is 12.0. The standard InChI is InChI=1S/C5H8N4.C2H6/c6-1-5-4(7)2-8-3-9-5;1-2/h2-3H,1,6-7H2;1-2H3. The Morgan fingerprint density at radius 3 is 2.45 bits per heavy atom. The zero-order valence-corrected chi connectivity index (χ0v) is 6.91. The maximum absolute atomic E-state index is 5.43. The molecule has 0 amide bonds. The first-order valence-electron chi connectivity index (χ1n) is 3.59. The largest absolute Gasteiger partial charge is 0.396 e. The molecule has 0 aliphatic heterocycles. The van der Waals surface area contributed by atoms with Crippen molar-refractivity contribution in [1.29, 1.82) is 0 Å². The van der Waals surface area contributed by atoms with Crippen LogP contribution in [0, 0.1) is 0 Å². The molecule has 0 fully saturated rings. The molecule has 0 aromatic carbocycles. The minimum Gasteiger partial charge on any atom is -0.396 e. The number of hydrogen-bond acceptors (Lipinski definition) is 4. The summed E-state index contributed by atoms with van der Waals surface area (Å²) in [5, 5.41) is 0. The molecule has 0 bridgehead atoms. The monoisotopic (exact) mass is 154 g/mol.